The number of carboxylic acids is 1. The van der Waals surface area contributed by atoms with Crippen LogP contribution in [0.5, 0.6) is 5.75 Å². The number of ether oxygens (including phenoxy) is 2. The third kappa shape index (κ3) is 4.46. The second kappa shape index (κ2) is 6.13. The lowest BCUT2D eigenvalue weighted by Gasteiger charge is -2.28. The molecule has 0 heterocycles. The minimum atomic E-state index is -2.12. The molecule has 1 aromatic carbocycles. The number of nitrogens with two attached hydrogens (primary N) is 1. The summed E-state index contributed by atoms with van der Waals surface area (Å²) in [5.74, 6) is -1.75. The van der Waals surface area contributed by atoms with Gasteiger partial charge in [0, 0.05) is 6.42 Å². The van der Waals surface area contributed by atoms with E-state index in [-0.39, 0.29) is 6.42 Å². The molecule has 6 heteroatoms. The Hall–Kier alpha value is -2.08. The largest absolute Gasteiger partial charge is 0.497 e. The van der Waals surface area contributed by atoms with E-state index in [9.17, 15) is 14.7 Å². The predicted molar refractivity (Wildman–Crippen MR) is 77.1 cm³/mol. The van der Waals surface area contributed by atoms with Crippen LogP contribution in [0.15, 0.2) is 24.3 Å². The highest BCUT2D eigenvalue weighted by Crippen LogP contribution is 2.20. The summed E-state index contributed by atoms with van der Waals surface area (Å²) in [6, 6.07) is 6.67. The molecule has 0 amide bonds. The number of esters is 1. The van der Waals surface area contributed by atoms with Gasteiger partial charge < -0.3 is 20.3 Å². The lowest BCUT2D eigenvalue weighted by Crippen LogP contribution is -2.58. The number of methoxy groups -OCH3 is 1. The first-order valence-corrected chi connectivity index (χ1v) is 6.47. The molecule has 0 saturated heterocycles. The van der Waals surface area contributed by atoms with Crippen molar-refractivity contribution in [2.24, 2.45) is 5.73 Å². The first kappa shape index (κ1) is 17.0. The number of rotatable bonds is 5. The molecule has 0 spiro atoms. The average Bonchev–Trinajstić information content (AvgIpc) is 2.37. The summed E-state index contributed by atoms with van der Waals surface area (Å²) in [7, 11) is 1.53. The molecule has 6 nitrogen and oxygen atoms in total. The number of hydrogen-bond donors (Lipinski definition) is 2. The van der Waals surface area contributed by atoms with Crippen molar-refractivity contribution in [3.8, 4) is 5.75 Å². The summed E-state index contributed by atoms with van der Waals surface area (Å²) in [6.07, 6.45) is -0.165. The fourth-order valence-electron chi connectivity index (χ4n) is 1.67. The number of hydrogen-bond acceptors (Lipinski definition) is 5. The predicted octanol–water partition coefficient (Wildman–Crippen LogP) is 1.36. The molecule has 0 aliphatic rings. The zero-order chi connectivity index (χ0) is 16.3. The molecule has 1 rings (SSSR count). The van der Waals surface area contributed by atoms with Gasteiger partial charge in [0.25, 0.3) is 0 Å². The molecular formula is C15H21NO5. The van der Waals surface area contributed by atoms with Gasteiger partial charge in [-0.15, -0.1) is 0 Å². The Bertz CT molecular complexity index is 518. The molecule has 0 aliphatic heterocycles. The van der Waals surface area contributed by atoms with E-state index in [0.29, 0.717) is 11.3 Å². The van der Waals surface area contributed by atoms with E-state index in [1.54, 1.807) is 45.0 Å². The van der Waals surface area contributed by atoms with Gasteiger partial charge in [0.15, 0.2) is 0 Å². The van der Waals surface area contributed by atoms with E-state index in [1.807, 2.05) is 0 Å². The van der Waals surface area contributed by atoms with E-state index in [0.717, 1.165) is 0 Å². The summed E-state index contributed by atoms with van der Waals surface area (Å²) >= 11 is 0. The Morgan fingerprint density at radius 3 is 2.10 bits per heavy atom. The number of carbonyl (C=O) groups is 2. The van der Waals surface area contributed by atoms with Crippen molar-refractivity contribution in [1.82, 2.24) is 0 Å². The van der Waals surface area contributed by atoms with Gasteiger partial charge in [-0.1, -0.05) is 12.1 Å². The van der Waals surface area contributed by atoms with Gasteiger partial charge in [0.2, 0.25) is 5.54 Å². The molecule has 0 unspecified atom stereocenters. The number of benzene rings is 1. The first-order valence-electron chi connectivity index (χ1n) is 6.47. The van der Waals surface area contributed by atoms with Crippen LogP contribution in [-0.4, -0.2) is 35.3 Å². The topological polar surface area (TPSA) is 98.9 Å². The quantitative estimate of drug-likeness (QED) is 0.628. The highest BCUT2D eigenvalue weighted by Gasteiger charge is 2.45. The van der Waals surface area contributed by atoms with Crippen molar-refractivity contribution in [3.63, 3.8) is 0 Å². The zero-order valence-corrected chi connectivity index (χ0v) is 12.7. The molecule has 0 radical (unpaired) electrons. The van der Waals surface area contributed by atoms with Crippen LogP contribution >= 0.6 is 0 Å². The molecule has 1 aromatic rings. The highest BCUT2D eigenvalue weighted by molar-refractivity contribution is 6.04. The van der Waals surface area contributed by atoms with Crippen LogP contribution in [0, 0.1) is 0 Å². The van der Waals surface area contributed by atoms with Gasteiger partial charge in [-0.05, 0) is 38.5 Å². The van der Waals surface area contributed by atoms with E-state index in [1.165, 1.54) is 7.11 Å². The zero-order valence-electron chi connectivity index (χ0n) is 12.7. The van der Waals surface area contributed by atoms with Crippen molar-refractivity contribution in [2.45, 2.75) is 38.3 Å². The Morgan fingerprint density at radius 1 is 1.19 bits per heavy atom. The Morgan fingerprint density at radius 2 is 1.71 bits per heavy atom. The van der Waals surface area contributed by atoms with Crippen LogP contribution in [0.1, 0.15) is 26.3 Å². The molecule has 3 N–H and O–H groups in total. The maximum atomic E-state index is 12.1. The molecular weight excluding hydrogens is 274 g/mol. The van der Waals surface area contributed by atoms with Crippen molar-refractivity contribution in [2.75, 3.05) is 7.11 Å². The van der Waals surface area contributed by atoms with E-state index >= 15 is 0 Å². The molecule has 21 heavy (non-hydrogen) atoms. The van der Waals surface area contributed by atoms with Crippen molar-refractivity contribution in [1.29, 1.82) is 0 Å². The van der Waals surface area contributed by atoms with Crippen molar-refractivity contribution < 1.29 is 24.2 Å². The molecule has 0 aromatic heterocycles. The molecule has 1 atom stereocenters. The molecule has 116 valence electrons. The molecule has 0 aliphatic carbocycles. The second-order valence-electron chi connectivity index (χ2n) is 5.80. The maximum Gasteiger partial charge on any atom is 0.338 e. The number of carbonyl (C=O) groups excluding carboxylic acids is 1. The van der Waals surface area contributed by atoms with Crippen LogP contribution in [0.3, 0.4) is 0 Å². The Balaban J connectivity index is 2.99. The standard InChI is InChI=1S/C15H21NO5/c1-14(2,3)21-13(19)15(16,12(17)18)9-10-5-7-11(20-4)8-6-10/h5-8H,9,16H2,1-4H3,(H,17,18)/t15-/m1/s1. The number of aliphatic carboxylic acids is 1. The summed E-state index contributed by atoms with van der Waals surface area (Å²) in [5.41, 5.74) is 3.46. The molecule has 0 fully saturated rings. The second-order valence-corrected chi connectivity index (χ2v) is 5.80. The summed E-state index contributed by atoms with van der Waals surface area (Å²) in [6.45, 7) is 4.96. The molecule has 0 bridgehead atoms. The van der Waals surface area contributed by atoms with Crippen LogP contribution in [0.2, 0.25) is 0 Å². The highest BCUT2D eigenvalue weighted by atomic mass is 16.6. The summed E-state index contributed by atoms with van der Waals surface area (Å²) < 4.78 is 10.1. The lowest BCUT2D eigenvalue weighted by molar-refractivity contribution is -0.169. The first-order chi connectivity index (χ1) is 9.58. The van der Waals surface area contributed by atoms with Crippen LogP contribution < -0.4 is 10.5 Å². The third-order valence-electron chi connectivity index (χ3n) is 2.79. The lowest BCUT2D eigenvalue weighted by atomic mass is 9.91. The minimum Gasteiger partial charge on any atom is -0.497 e. The van der Waals surface area contributed by atoms with Crippen LogP contribution in [0.25, 0.3) is 0 Å². The van der Waals surface area contributed by atoms with Crippen molar-refractivity contribution in [3.05, 3.63) is 29.8 Å². The smallest absolute Gasteiger partial charge is 0.338 e. The maximum absolute atomic E-state index is 12.1. The fourth-order valence-corrected chi connectivity index (χ4v) is 1.67. The Kier molecular flexibility index (Phi) is 4.96. The van der Waals surface area contributed by atoms with Gasteiger partial charge in [0.1, 0.15) is 11.4 Å². The van der Waals surface area contributed by atoms with Crippen LogP contribution in [-0.2, 0) is 20.7 Å². The summed E-state index contributed by atoms with van der Waals surface area (Å²) in [5, 5.41) is 9.31. The van der Waals surface area contributed by atoms with E-state index in [2.05, 4.69) is 0 Å². The van der Waals surface area contributed by atoms with E-state index < -0.39 is 23.1 Å². The monoisotopic (exact) mass is 295 g/mol. The van der Waals surface area contributed by atoms with E-state index in [4.69, 9.17) is 15.2 Å². The van der Waals surface area contributed by atoms with Gasteiger partial charge in [0.05, 0.1) is 7.11 Å². The van der Waals surface area contributed by atoms with Gasteiger partial charge in [-0.3, -0.25) is 0 Å². The van der Waals surface area contributed by atoms with Crippen molar-refractivity contribution >= 4 is 11.9 Å². The van der Waals surface area contributed by atoms with Crippen LogP contribution in [0.4, 0.5) is 0 Å². The van der Waals surface area contributed by atoms with Gasteiger partial charge in [-0.2, -0.15) is 0 Å². The Labute approximate surface area is 123 Å². The van der Waals surface area contributed by atoms with Gasteiger partial charge in [-0.25, -0.2) is 9.59 Å². The third-order valence-corrected chi connectivity index (χ3v) is 2.79. The SMILES string of the molecule is COc1ccc(C[C@@](N)(C(=O)O)C(=O)OC(C)(C)C)cc1. The average molecular weight is 295 g/mol. The summed E-state index contributed by atoms with van der Waals surface area (Å²) in [4.78, 5) is 23.5. The fraction of sp³-hybridized carbons (Fsp3) is 0.467. The minimum absolute atomic E-state index is 0.165. The normalized spacial score (nSPS) is 14.1. The van der Waals surface area contributed by atoms with Gasteiger partial charge >= 0.3 is 11.9 Å². The molecule has 0 saturated carbocycles. The number of carboxylic acid groups (broad SMARTS) is 1.